The first kappa shape index (κ1) is 15.3. The normalized spacial score (nSPS) is 10.4. The second-order valence-electron chi connectivity index (χ2n) is 4.40. The van der Waals surface area contributed by atoms with Crippen molar-refractivity contribution in [1.29, 1.82) is 0 Å². The van der Waals surface area contributed by atoms with Gasteiger partial charge in [-0.2, -0.15) is 0 Å². The lowest BCUT2D eigenvalue weighted by Gasteiger charge is -2.13. The van der Waals surface area contributed by atoms with Crippen molar-refractivity contribution in [3.05, 3.63) is 39.0 Å². The molecular weight excluding hydrogens is 384 g/mol. The van der Waals surface area contributed by atoms with E-state index >= 15 is 0 Å². The Morgan fingerprint density at radius 3 is 2.65 bits per heavy atom. The van der Waals surface area contributed by atoms with Crippen molar-refractivity contribution in [1.82, 2.24) is 9.97 Å². The van der Waals surface area contributed by atoms with Gasteiger partial charge in [0.25, 0.3) is 0 Å². The summed E-state index contributed by atoms with van der Waals surface area (Å²) >= 11 is 7.03. The van der Waals surface area contributed by atoms with Crippen LogP contribution in [-0.4, -0.2) is 16.5 Å². The third kappa shape index (κ3) is 3.70. The molecule has 0 aliphatic rings. The highest BCUT2D eigenvalue weighted by atomic mass is 79.9. The first-order valence-electron chi connectivity index (χ1n) is 6.39. The molecule has 4 nitrogen and oxygen atoms in total. The minimum Gasteiger partial charge on any atom is -0.369 e. The number of rotatable bonds is 5. The fraction of sp³-hybridized carbons (Fsp3) is 0.286. The second-order valence-corrected chi connectivity index (χ2v) is 6.10. The molecule has 0 atom stereocenters. The maximum Gasteiger partial charge on any atom is 0.150 e. The molecule has 2 N–H and O–H groups in total. The van der Waals surface area contributed by atoms with Gasteiger partial charge in [-0.15, -0.1) is 0 Å². The lowest BCUT2D eigenvalue weighted by Crippen LogP contribution is -2.05. The van der Waals surface area contributed by atoms with Gasteiger partial charge in [-0.1, -0.05) is 28.9 Å². The zero-order chi connectivity index (χ0) is 14.5. The summed E-state index contributed by atoms with van der Waals surface area (Å²) in [6, 6.07) is 6.10. The Balaban J connectivity index is 2.27. The summed E-state index contributed by atoms with van der Waals surface area (Å²) in [7, 11) is 0. The van der Waals surface area contributed by atoms with E-state index in [0.717, 1.165) is 44.8 Å². The number of aryl methyl sites for hydroxylation is 1. The van der Waals surface area contributed by atoms with Gasteiger partial charge in [-0.25, -0.2) is 9.97 Å². The van der Waals surface area contributed by atoms with Crippen molar-refractivity contribution >= 4 is 49.2 Å². The molecule has 0 radical (unpaired) electrons. The molecule has 6 heteroatoms. The first-order chi connectivity index (χ1) is 9.61. The van der Waals surface area contributed by atoms with Crippen molar-refractivity contribution < 1.29 is 0 Å². The van der Waals surface area contributed by atoms with E-state index in [9.17, 15) is 0 Å². The van der Waals surface area contributed by atoms with Crippen molar-refractivity contribution in [2.45, 2.75) is 20.3 Å². The molecule has 0 unspecified atom stereocenters. The lowest BCUT2D eigenvalue weighted by atomic mass is 10.2. The Hall–Kier alpha value is -1.14. The fourth-order valence-electron chi connectivity index (χ4n) is 1.68. The van der Waals surface area contributed by atoms with Crippen LogP contribution >= 0.6 is 31.9 Å². The second kappa shape index (κ2) is 7.04. The van der Waals surface area contributed by atoms with E-state index in [1.165, 1.54) is 0 Å². The molecule has 0 aliphatic carbocycles. The first-order valence-corrected chi connectivity index (χ1v) is 7.98. The summed E-state index contributed by atoms with van der Waals surface area (Å²) in [6.45, 7) is 5.05. The fourth-order valence-corrected chi connectivity index (χ4v) is 2.49. The van der Waals surface area contributed by atoms with Gasteiger partial charge in [0.05, 0.1) is 0 Å². The van der Waals surface area contributed by atoms with Crippen molar-refractivity contribution in [2.24, 2.45) is 0 Å². The SMILES string of the molecule is CCCNc1ncnc(Nc2cc(Br)ccc2C)c1Br. The molecule has 0 bridgehead atoms. The van der Waals surface area contributed by atoms with Crippen LogP contribution in [0.4, 0.5) is 17.3 Å². The molecule has 0 saturated heterocycles. The van der Waals surface area contributed by atoms with E-state index in [2.05, 4.69) is 72.4 Å². The average Bonchev–Trinajstić information content (AvgIpc) is 2.44. The zero-order valence-electron chi connectivity index (χ0n) is 11.4. The number of benzene rings is 1. The highest BCUT2D eigenvalue weighted by molar-refractivity contribution is 9.11. The van der Waals surface area contributed by atoms with Crippen LogP contribution in [0.25, 0.3) is 0 Å². The third-order valence-electron chi connectivity index (χ3n) is 2.78. The quantitative estimate of drug-likeness (QED) is 0.752. The van der Waals surface area contributed by atoms with E-state index in [0.29, 0.717) is 0 Å². The molecule has 2 rings (SSSR count). The minimum atomic E-state index is 0.750. The van der Waals surface area contributed by atoms with Gasteiger partial charge >= 0.3 is 0 Å². The monoisotopic (exact) mass is 398 g/mol. The molecule has 0 spiro atoms. The molecule has 0 fully saturated rings. The average molecular weight is 400 g/mol. The van der Waals surface area contributed by atoms with Gasteiger partial charge in [0.15, 0.2) is 0 Å². The maximum absolute atomic E-state index is 4.29. The summed E-state index contributed by atoms with van der Waals surface area (Å²) in [5.41, 5.74) is 2.17. The minimum absolute atomic E-state index is 0.750. The maximum atomic E-state index is 4.29. The number of anilines is 3. The topological polar surface area (TPSA) is 49.8 Å². The summed E-state index contributed by atoms with van der Waals surface area (Å²) < 4.78 is 1.87. The smallest absolute Gasteiger partial charge is 0.150 e. The van der Waals surface area contributed by atoms with Crippen LogP contribution in [-0.2, 0) is 0 Å². The summed E-state index contributed by atoms with van der Waals surface area (Å²) in [6.07, 6.45) is 2.60. The standard InChI is InChI=1S/C14H16Br2N4/c1-3-6-17-13-12(16)14(19-8-18-13)20-11-7-10(15)5-4-9(11)2/h4-5,7-8H,3,6H2,1-2H3,(H2,17,18,19,20). The Morgan fingerprint density at radius 1 is 1.15 bits per heavy atom. The van der Waals surface area contributed by atoms with Crippen molar-refractivity contribution in [3.8, 4) is 0 Å². The Kier molecular flexibility index (Phi) is 5.37. The van der Waals surface area contributed by atoms with Gasteiger partial charge in [-0.3, -0.25) is 0 Å². The number of hydrogen-bond acceptors (Lipinski definition) is 4. The predicted molar refractivity (Wildman–Crippen MR) is 90.7 cm³/mol. The number of aromatic nitrogens is 2. The van der Waals surface area contributed by atoms with Gasteiger partial charge < -0.3 is 10.6 Å². The number of hydrogen-bond donors (Lipinski definition) is 2. The highest BCUT2D eigenvalue weighted by Gasteiger charge is 2.09. The van der Waals surface area contributed by atoms with Gasteiger partial charge in [0.2, 0.25) is 0 Å². The molecule has 0 saturated carbocycles. The van der Waals surface area contributed by atoms with Crippen LogP contribution < -0.4 is 10.6 Å². The van der Waals surface area contributed by atoms with Crippen LogP contribution in [0.3, 0.4) is 0 Å². The van der Waals surface area contributed by atoms with E-state index in [-0.39, 0.29) is 0 Å². The highest BCUT2D eigenvalue weighted by Crippen LogP contribution is 2.31. The lowest BCUT2D eigenvalue weighted by molar-refractivity contribution is 0.962. The van der Waals surface area contributed by atoms with Crippen molar-refractivity contribution in [2.75, 3.05) is 17.2 Å². The molecule has 0 aliphatic heterocycles. The Morgan fingerprint density at radius 2 is 1.90 bits per heavy atom. The molecule has 106 valence electrons. The van der Waals surface area contributed by atoms with Crippen LogP contribution in [0.15, 0.2) is 33.5 Å². The van der Waals surface area contributed by atoms with E-state index in [1.54, 1.807) is 6.33 Å². The van der Waals surface area contributed by atoms with Gasteiger partial charge in [0, 0.05) is 16.7 Å². The summed E-state index contributed by atoms with van der Waals surface area (Å²) in [4.78, 5) is 8.53. The Labute approximate surface area is 135 Å². The Bertz CT molecular complexity index is 602. The molecule has 2 aromatic rings. The molecular formula is C14H16Br2N4. The van der Waals surface area contributed by atoms with Gasteiger partial charge in [0.1, 0.15) is 22.4 Å². The molecule has 1 heterocycles. The zero-order valence-corrected chi connectivity index (χ0v) is 14.5. The summed E-state index contributed by atoms with van der Waals surface area (Å²) in [5.74, 6) is 1.55. The van der Waals surface area contributed by atoms with Crippen LogP contribution in [0.1, 0.15) is 18.9 Å². The van der Waals surface area contributed by atoms with Crippen LogP contribution in [0.2, 0.25) is 0 Å². The molecule has 1 aromatic heterocycles. The molecule has 20 heavy (non-hydrogen) atoms. The number of halogens is 2. The summed E-state index contributed by atoms with van der Waals surface area (Å²) in [5, 5.41) is 6.60. The van der Waals surface area contributed by atoms with Crippen LogP contribution in [0, 0.1) is 6.92 Å². The third-order valence-corrected chi connectivity index (χ3v) is 4.03. The number of nitrogens with zero attached hydrogens (tertiary/aromatic N) is 2. The van der Waals surface area contributed by atoms with E-state index in [1.807, 2.05) is 12.1 Å². The van der Waals surface area contributed by atoms with Gasteiger partial charge in [-0.05, 0) is 47.0 Å². The van der Waals surface area contributed by atoms with Crippen LogP contribution in [0.5, 0.6) is 0 Å². The van der Waals surface area contributed by atoms with E-state index < -0.39 is 0 Å². The largest absolute Gasteiger partial charge is 0.369 e. The molecule has 0 amide bonds. The van der Waals surface area contributed by atoms with Crippen molar-refractivity contribution in [3.63, 3.8) is 0 Å². The van der Waals surface area contributed by atoms with E-state index in [4.69, 9.17) is 0 Å². The molecule has 1 aromatic carbocycles. The number of nitrogens with one attached hydrogen (secondary N) is 2. The predicted octanol–water partition coefficient (Wildman–Crippen LogP) is 4.88.